The zero-order valence-corrected chi connectivity index (χ0v) is 29.7. The predicted molar refractivity (Wildman–Crippen MR) is 220 cm³/mol. The van der Waals surface area contributed by atoms with Gasteiger partial charge in [0.15, 0.2) is 0 Å². The zero-order chi connectivity index (χ0) is 35.4. The van der Waals surface area contributed by atoms with Crippen LogP contribution in [0.2, 0.25) is 0 Å². The van der Waals surface area contributed by atoms with Crippen molar-refractivity contribution in [3.63, 3.8) is 0 Å². The standard InChI is InChI=1S/C52H38O/c1-52(41-15-6-3-7-16-41)48-21-10-8-17-42(48)47-34-40(31-32-49(47)52)38-25-23-35(24-26-38)33-46(39-29-27-37(28-30-39)36-13-4-2-5-14-36)45-20-12-19-44-43-18-9-11-22-50(43)53-51(44)45/h2-32,34,46H,33H2,1H3/t46-,52+/m1/s1. The number of rotatable bonds is 7. The molecule has 0 radical (unpaired) electrons. The highest BCUT2D eigenvalue weighted by atomic mass is 16.3. The first-order valence-corrected chi connectivity index (χ1v) is 18.6. The summed E-state index contributed by atoms with van der Waals surface area (Å²) in [5.74, 6) is 0.113. The van der Waals surface area contributed by atoms with Crippen LogP contribution in [-0.4, -0.2) is 0 Å². The summed E-state index contributed by atoms with van der Waals surface area (Å²) in [4.78, 5) is 0. The summed E-state index contributed by atoms with van der Waals surface area (Å²) in [6.07, 6.45) is 0.855. The first-order chi connectivity index (χ1) is 26.1. The van der Waals surface area contributed by atoms with Gasteiger partial charge < -0.3 is 4.42 Å². The Kier molecular flexibility index (Phi) is 7.47. The monoisotopic (exact) mass is 678 g/mol. The first kappa shape index (κ1) is 31.3. The Morgan fingerprint density at radius 3 is 1.89 bits per heavy atom. The van der Waals surface area contributed by atoms with Crippen LogP contribution in [0.25, 0.3) is 55.3 Å². The van der Waals surface area contributed by atoms with Crippen molar-refractivity contribution in [3.8, 4) is 33.4 Å². The second-order valence-corrected chi connectivity index (χ2v) is 14.6. The normalized spacial score (nSPS) is 15.3. The van der Waals surface area contributed by atoms with Crippen LogP contribution in [0.3, 0.4) is 0 Å². The Morgan fingerprint density at radius 2 is 1.08 bits per heavy atom. The maximum atomic E-state index is 6.60. The molecule has 1 nitrogen and oxygen atoms in total. The van der Waals surface area contributed by atoms with E-state index in [1.54, 1.807) is 0 Å². The van der Waals surface area contributed by atoms with Crippen LogP contribution in [0.4, 0.5) is 0 Å². The Hall–Kier alpha value is -6.44. The van der Waals surface area contributed by atoms with Crippen LogP contribution in [0.1, 0.15) is 46.2 Å². The molecule has 9 aromatic rings. The lowest BCUT2D eigenvalue weighted by Crippen LogP contribution is -2.22. The van der Waals surface area contributed by atoms with Crippen molar-refractivity contribution in [2.75, 3.05) is 0 Å². The van der Waals surface area contributed by atoms with Gasteiger partial charge in [0.1, 0.15) is 11.2 Å². The number of hydrogen-bond donors (Lipinski definition) is 0. The van der Waals surface area contributed by atoms with Gasteiger partial charge >= 0.3 is 0 Å². The van der Waals surface area contributed by atoms with E-state index in [-0.39, 0.29) is 11.3 Å². The van der Waals surface area contributed by atoms with Crippen molar-refractivity contribution in [1.29, 1.82) is 0 Å². The summed E-state index contributed by atoms with van der Waals surface area (Å²) in [5, 5.41) is 2.33. The molecular formula is C52H38O. The molecule has 2 atom stereocenters. The highest BCUT2D eigenvalue weighted by Crippen LogP contribution is 2.53. The van der Waals surface area contributed by atoms with Gasteiger partial charge in [-0.05, 0) is 86.7 Å². The van der Waals surface area contributed by atoms with Gasteiger partial charge in [0.2, 0.25) is 0 Å². The first-order valence-electron chi connectivity index (χ1n) is 18.6. The van der Waals surface area contributed by atoms with Crippen molar-refractivity contribution in [2.24, 2.45) is 0 Å². The Bertz CT molecular complexity index is 2740. The van der Waals surface area contributed by atoms with E-state index < -0.39 is 0 Å². The van der Waals surface area contributed by atoms with Gasteiger partial charge in [-0.25, -0.2) is 0 Å². The van der Waals surface area contributed by atoms with E-state index in [1.807, 2.05) is 6.07 Å². The van der Waals surface area contributed by atoms with Crippen molar-refractivity contribution in [1.82, 2.24) is 0 Å². The zero-order valence-electron chi connectivity index (χ0n) is 29.7. The highest BCUT2D eigenvalue weighted by Gasteiger charge is 2.40. The third-order valence-corrected chi connectivity index (χ3v) is 11.6. The van der Waals surface area contributed by atoms with Gasteiger partial charge in [0.05, 0.1) is 0 Å². The lowest BCUT2D eigenvalue weighted by atomic mass is 9.74. The fourth-order valence-electron chi connectivity index (χ4n) is 8.82. The third-order valence-electron chi connectivity index (χ3n) is 11.6. The molecule has 0 spiro atoms. The van der Waals surface area contributed by atoms with Crippen molar-refractivity contribution in [3.05, 3.63) is 228 Å². The van der Waals surface area contributed by atoms with Crippen molar-refractivity contribution >= 4 is 21.9 Å². The molecule has 0 bridgehead atoms. The fraction of sp³-hybridized carbons (Fsp3) is 0.0769. The van der Waals surface area contributed by atoms with Crippen LogP contribution in [-0.2, 0) is 11.8 Å². The van der Waals surface area contributed by atoms with Gasteiger partial charge in [-0.3, -0.25) is 0 Å². The van der Waals surface area contributed by atoms with Gasteiger partial charge in [-0.1, -0.05) is 182 Å². The number of furan rings is 1. The predicted octanol–water partition coefficient (Wildman–Crippen LogP) is 13.6. The third kappa shape index (κ3) is 5.23. The SMILES string of the molecule is C[C@]1(c2ccccc2)c2ccccc2-c2cc(-c3ccc(C[C@H](c4ccc(-c5ccccc5)cc4)c4cccc5c4oc4ccccc45)cc3)ccc21. The maximum absolute atomic E-state index is 6.60. The van der Waals surface area contributed by atoms with Crippen molar-refractivity contribution < 1.29 is 4.42 Å². The molecule has 0 amide bonds. The molecule has 0 saturated carbocycles. The summed E-state index contributed by atoms with van der Waals surface area (Å²) in [5.41, 5.74) is 17.1. The second kappa shape index (κ2) is 12.7. The van der Waals surface area contributed by atoms with E-state index in [9.17, 15) is 0 Å². The van der Waals surface area contributed by atoms with E-state index in [0.29, 0.717) is 0 Å². The summed E-state index contributed by atoms with van der Waals surface area (Å²) in [6.45, 7) is 2.37. The van der Waals surface area contributed by atoms with Gasteiger partial charge in [0, 0.05) is 27.7 Å². The van der Waals surface area contributed by atoms with Gasteiger partial charge in [-0.15, -0.1) is 0 Å². The van der Waals surface area contributed by atoms with Crippen LogP contribution < -0.4 is 0 Å². The lowest BCUT2D eigenvalue weighted by molar-refractivity contribution is 0.654. The van der Waals surface area contributed by atoms with E-state index in [4.69, 9.17) is 4.42 Å². The lowest BCUT2D eigenvalue weighted by Gasteiger charge is -2.28. The number of benzene rings is 8. The maximum Gasteiger partial charge on any atom is 0.139 e. The van der Waals surface area contributed by atoms with Crippen molar-refractivity contribution in [2.45, 2.75) is 24.7 Å². The molecule has 1 aliphatic carbocycles. The summed E-state index contributed by atoms with van der Waals surface area (Å²) >= 11 is 0. The molecule has 0 saturated heterocycles. The van der Waals surface area contributed by atoms with Crippen LogP contribution in [0.5, 0.6) is 0 Å². The molecule has 53 heavy (non-hydrogen) atoms. The minimum atomic E-state index is -0.188. The fourth-order valence-corrected chi connectivity index (χ4v) is 8.82. The average Bonchev–Trinajstić information content (AvgIpc) is 3.74. The molecule has 8 aromatic carbocycles. The molecule has 1 heteroatoms. The molecule has 1 heterocycles. The summed E-state index contributed by atoms with van der Waals surface area (Å²) < 4.78 is 6.60. The molecule has 1 aliphatic rings. The molecule has 1 aromatic heterocycles. The Labute approximate surface area is 310 Å². The van der Waals surface area contributed by atoms with E-state index in [2.05, 4.69) is 195 Å². The minimum Gasteiger partial charge on any atom is -0.456 e. The highest BCUT2D eigenvalue weighted by molar-refractivity contribution is 6.06. The molecule has 0 aliphatic heterocycles. The molecule has 252 valence electrons. The molecular weight excluding hydrogens is 641 g/mol. The number of para-hydroxylation sites is 2. The molecule has 0 fully saturated rings. The summed E-state index contributed by atoms with van der Waals surface area (Å²) in [7, 11) is 0. The second-order valence-electron chi connectivity index (χ2n) is 14.6. The average molecular weight is 679 g/mol. The minimum absolute atomic E-state index is 0.113. The molecule has 0 N–H and O–H groups in total. The Morgan fingerprint density at radius 1 is 0.472 bits per heavy atom. The van der Waals surface area contributed by atoms with E-state index in [1.165, 1.54) is 72.1 Å². The molecule has 10 rings (SSSR count). The van der Waals surface area contributed by atoms with E-state index >= 15 is 0 Å². The van der Waals surface area contributed by atoms with Crippen LogP contribution >= 0.6 is 0 Å². The van der Waals surface area contributed by atoms with Crippen LogP contribution in [0, 0.1) is 0 Å². The van der Waals surface area contributed by atoms with Gasteiger partial charge in [0.25, 0.3) is 0 Å². The number of fused-ring (bicyclic) bond motifs is 6. The topological polar surface area (TPSA) is 13.1 Å². The number of hydrogen-bond acceptors (Lipinski definition) is 1. The largest absolute Gasteiger partial charge is 0.456 e. The summed E-state index contributed by atoms with van der Waals surface area (Å²) in [6, 6.07) is 70.8. The smallest absolute Gasteiger partial charge is 0.139 e. The van der Waals surface area contributed by atoms with E-state index in [0.717, 1.165) is 23.0 Å². The van der Waals surface area contributed by atoms with Crippen LogP contribution in [0.15, 0.2) is 199 Å². The van der Waals surface area contributed by atoms with Gasteiger partial charge in [-0.2, -0.15) is 0 Å². The molecule has 0 unspecified atom stereocenters. The Balaban J connectivity index is 1.02. The quantitative estimate of drug-likeness (QED) is 0.164.